The molecule has 0 radical (unpaired) electrons. The van der Waals surface area contributed by atoms with Crippen LogP contribution < -0.4 is 10.1 Å². The number of hydrogen-bond donors (Lipinski definition) is 1. The number of amides is 2. The van der Waals surface area contributed by atoms with Crippen LogP contribution in [0.5, 0.6) is 5.75 Å². The highest BCUT2D eigenvalue weighted by molar-refractivity contribution is 9.10. The second kappa shape index (κ2) is 12.4. The van der Waals surface area contributed by atoms with Crippen LogP contribution in [-0.4, -0.2) is 35.4 Å². The zero-order valence-corrected chi connectivity index (χ0v) is 21.6. The van der Waals surface area contributed by atoms with Gasteiger partial charge in [-0.05, 0) is 49.9 Å². The van der Waals surface area contributed by atoms with Gasteiger partial charge < -0.3 is 15.0 Å². The third-order valence-electron chi connectivity index (χ3n) is 6.02. The zero-order valence-electron chi connectivity index (χ0n) is 19.3. The molecule has 0 bridgehead atoms. The summed E-state index contributed by atoms with van der Waals surface area (Å²) < 4.78 is 6.58. The summed E-state index contributed by atoms with van der Waals surface area (Å²) in [5, 5.41) is 3.61. The molecular weight excluding hydrogens is 504 g/mol. The van der Waals surface area contributed by atoms with Gasteiger partial charge in [0.1, 0.15) is 11.8 Å². The molecule has 1 aliphatic carbocycles. The van der Waals surface area contributed by atoms with Gasteiger partial charge in [0.15, 0.2) is 6.61 Å². The number of carbonyl (C=O) groups is 2. The van der Waals surface area contributed by atoms with Gasteiger partial charge in [0.25, 0.3) is 5.91 Å². The van der Waals surface area contributed by atoms with Crippen molar-refractivity contribution >= 4 is 39.3 Å². The maximum Gasteiger partial charge on any atom is 0.261 e. The van der Waals surface area contributed by atoms with Gasteiger partial charge in [-0.15, -0.1) is 0 Å². The molecule has 0 aliphatic heterocycles. The quantitative estimate of drug-likeness (QED) is 0.425. The SMILES string of the molecule is CC[C@H](C(=O)NC1CCCCC1)N(Cc1cccc(C)c1)C(=O)COc1ccc(Br)cc1Cl. The lowest BCUT2D eigenvalue weighted by Gasteiger charge is -2.32. The minimum atomic E-state index is -0.566. The number of benzene rings is 2. The Morgan fingerprint density at radius 2 is 1.94 bits per heavy atom. The standard InChI is InChI=1S/C26H32BrClN2O3/c1-3-23(26(32)29-21-10-5-4-6-11-21)30(16-19-9-7-8-18(2)14-19)25(31)17-33-24-13-12-20(27)15-22(24)28/h7-9,12-15,21,23H,3-6,10-11,16-17H2,1-2H3,(H,29,32)/t23-/m1/s1. The minimum absolute atomic E-state index is 0.0907. The van der Waals surface area contributed by atoms with Crippen molar-refractivity contribution in [3.63, 3.8) is 0 Å². The first kappa shape index (κ1) is 25.6. The molecule has 1 saturated carbocycles. The number of ether oxygens (including phenoxy) is 1. The highest BCUT2D eigenvalue weighted by Gasteiger charge is 2.30. The van der Waals surface area contributed by atoms with Gasteiger partial charge in [-0.2, -0.15) is 0 Å². The molecule has 2 amide bonds. The van der Waals surface area contributed by atoms with Crippen LogP contribution >= 0.6 is 27.5 Å². The lowest BCUT2D eigenvalue weighted by Crippen LogP contribution is -2.52. The third-order valence-corrected chi connectivity index (χ3v) is 6.81. The lowest BCUT2D eigenvalue weighted by molar-refractivity contribution is -0.143. The van der Waals surface area contributed by atoms with Crippen LogP contribution in [0.3, 0.4) is 0 Å². The van der Waals surface area contributed by atoms with Crippen molar-refractivity contribution in [1.82, 2.24) is 10.2 Å². The van der Waals surface area contributed by atoms with E-state index < -0.39 is 6.04 Å². The first-order valence-electron chi connectivity index (χ1n) is 11.6. The van der Waals surface area contributed by atoms with Crippen molar-refractivity contribution in [1.29, 1.82) is 0 Å². The molecule has 2 aromatic rings. The lowest BCUT2D eigenvalue weighted by atomic mass is 9.95. The van der Waals surface area contributed by atoms with E-state index in [2.05, 4.69) is 21.2 Å². The Kier molecular flexibility index (Phi) is 9.63. The fourth-order valence-corrected chi connectivity index (χ4v) is 5.01. The van der Waals surface area contributed by atoms with Crippen molar-refractivity contribution in [3.05, 3.63) is 63.1 Å². The monoisotopic (exact) mass is 534 g/mol. The molecule has 1 aliphatic rings. The molecule has 3 rings (SSSR count). The molecule has 7 heteroatoms. The Labute approximate surface area is 210 Å². The van der Waals surface area contributed by atoms with E-state index in [4.69, 9.17) is 16.3 Å². The van der Waals surface area contributed by atoms with Crippen LogP contribution in [0.1, 0.15) is 56.6 Å². The molecule has 1 atom stereocenters. The van der Waals surface area contributed by atoms with Crippen molar-refractivity contribution in [2.75, 3.05) is 6.61 Å². The Morgan fingerprint density at radius 1 is 1.18 bits per heavy atom. The molecule has 178 valence electrons. The molecule has 0 heterocycles. The first-order chi connectivity index (χ1) is 15.9. The van der Waals surface area contributed by atoms with E-state index >= 15 is 0 Å². The number of carbonyl (C=O) groups excluding carboxylic acids is 2. The number of rotatable bonds is 9. The van der Waals surface area contributed by atoms with Gasteiger partial charge >= 0.3 is 0 Å². The van der Waals surface area contributed by atoms with Gasteiger partial charge in [-0.3, -0.25) is 9.59 Å². The van der Waals surface area contributed by atoms with E-state index in [9.17, 15) is 9.59 Å². The summed E-state index contributed by atoms with van der Waals surface area (Å²) >= 11 is 9.61. The van der Waals surface area contributed by atoms with Crippen molar-refractivity contribution < 1.29 is 14.3 Å². The van der Waals surface area contributed by atoms with Gasteiger partial charge in [-0.1, -0.05) is 83.5 Å². The van der Waals surface area contributed by atoms with Crippen LogP contribution in [0.25, 0.3) is 0 Å². The highest BCUT2D eigenvalue weighted by atomic mass is 79.9. The van der Waals surface area contributed by atoms with E-state index in [1.54, 1.807) is 17.0 Å². The Bertz CT molecular complexity index is 962. The maximum atomic E-state index is 13.3. The van der Waals surface area contributed by atoms with Crippen molar-refractivity contribution in [3.8, 4) is 5.75 Å². The number of hydrogen-bond acceptors (Lipinski definition) is 3. The van der Waals surface area contributed by atoms with Crippen LogP contribution in [0.15, 0.2) is 46.9 Å². The van der Waals surface area contributed by atoms with Crippen LogP contribution in [-0.2, 0) is 16.1 Å². The number of aryl methyl sites for hydroxylation is 1. The largest absolute Gasteiger partial charge is 0.482 e. The fraction of sp³-hybridized carbons (Fsp3) is 0.462. The summed E-state index contributed by atoms with van der Waals surface area (Å²) in [4.78, 5) is 28.2. The molecule has 0 spiro atoms. The van der Waals surface area contributed by atoms with E-state index in [-0.39, 0.29) is 24.5 Å². The summed E-state index contributed by atoms with van der Waals surface area (Å²) in [6.07, 6.45) is 6.01. The number of halogens is 2. The fourth-order valence-electron chi connectivity index (χ4n) is 4.29. The molecule has 0 saturated heterocycles. The topological polar surface area (TPSA) is 58.6 Å². The summed E-state index contributed by atoms with van der Waals surface area (Å²) in [6, 6.07) is 12.9. The number of nitrogens with zero attached hydrogens (tertiary/aromatic N) is 1. The second-order valence-corrected chi connectivity index (χ2v) is 9.96. The van der Waals surface area contributed by atoms with Gasteiger partial charge in [-0.25, -0.2) is 0 Å². The zero-order chi connectivity index (χ0) is 23.8. The normalized spacial score (nSPS) is 15.0. The van der Waals surface area contributed by atoms with Crippen molar-refractivity contribution in [2.45, 2.75) is 71.0 Å². The first-order valence-corrected chi connectivity index (χ1v) is 12.8. The Balaban J connectivity index is 1.77. The van der Waals surface area contributed by atoms with E-state index in [0.29, 0.717) is 23.7 Å². The highest BCUT2D eigenvalue weighted by Crippen LogP contribution is 2.28. The number of nitrogens with one attached hydrogen (secondary N) is 1. The summed E-state index contributed by atoms with van der Waals surface area (Å²) in [6.45, 7) is 4.10. The summed E-state index contributed by atoms with van der Waals surface area (Å²) in [5.41, 5.74) is 2.09. The summed E-state index contributed by atoms with van der Waals surface area (Å²) in [5.74, 6) is 0.0941. The molecule has 0 unspecified atom stereocenters. The molecule has 5 nitrogen and oxygen atoms in total. The predicted octanol–water partition coefficient (Wildman–Crippen LogP) is 6.05. The van der Waals surface area contributed by atoms with Crippen molar-refractivity contribution in [2.24, 2.45) is 0 Å². The minimum Gasteiger partial charge on any atom is -0.482 e. The predicted molar refractivity (Wildman–Crippen MR) is 135 cm³/mol. The maximum absolute atomic E-state index is 13.3. The third kappa shape index (κ3) is 7.47. The summed E-state index contributed by atoms with van der Waals surface area (Å²) in [7, 11) is 0. The van der Waals surface area contributed by atoms with Crippen LogP contribution in [0.2, 0.25) is 5.02 Å². The molecule has 2 aromatic carbocycles. The average Bonchev–Trinajstić information content (AvgIpc) is 2.79. The van der Waals surface area contributed by atoms with E-state index in [0.717, 1.165) is 41.3 Å². The molecule has 33 heavy (non-hydrogen) atoms. The Hall–Kier alpha value is -2.05. The Morgan fingerprint density at radius 3 is 2.61 bits per heavy atom. The molecular formula is C26H32BrClN2O3. The van der Waals surface area contributed by atoms with Gasteiger partial charge in [0, 0.05) is 17.1 Å². The van der Waals surface area contributed by atoms with E-state index in [1.807, 2.05) is 44.2 Å². The second-order valence-electron chi connectivity index (χ2n) is 8.64. The molecule has 1 N–H and O–H groups in total. The molecule has 0 aromatic heterocycles. The van der Waals surface area contributed by atoms with Gasteiger partial charge in [0.05, 0.1) is 5.02 Å². The van der Waals surface area contributed by atoms with Gasteiger partial charge in [0.2, 0.25) is 5.91 Å². The van der Waals surface area contributed by atoms with Crippen LogP contribution in [0.4, 0.5) is 0 Å². The van der Waals surface area contributed by atoms with Crippen LogP contribution in [0, 0.1) is 6.92 Å². The smallest absolute Gasteiger partial charge is 0.261 e. The molecule has 1 fully saturated rings. The average molecular weight is 536 g/mol. The van der Waals surface area contributed by atoms with E-state index in [1.165, 1.54) is 6.42 Å².